The minimum absolute atomic E-state index is 0.0631. The highest BCUT2D eigenvalue weighted by molar-refractivity contribution is 6.02. The summed E-state index contributed by atoms with van der Waals surface area (Å²) in [6.45, 7) is 3.93. The zero-order valence-electron chi connectivity index (χ0n) is 18.2. The van der Waals surface area contributed by atoms with Crippen LogP contribution in [0.3, 0.4) is 0 Å². The summed E-state index contributed by atoms with van der Waals surface area (Å²) in [6, 6.07) is 1.22. The molecule has 0 fully saturated rings. The van der Waals surface area contributed by atoms with Crippen molar-refractivity contribution in [2.24, 2.45) is 0 Å². The lowest BCUT2D eigenvalue weighted by molar-refractivity contribution is 0.0973. The zero-order chi connectivity index (χ0) is 20.8. The van der Waals surface area contributed by atoms with E-state index in [-0.39, 0.29) is 28.6 Å². The lowest BCUT2D eigenvalue weighted by atomic mass is 9.99. The molecule has 2 N–H and O–H groups in total. The molecule has 0 aliphatic heterocycles. The fourth-order valence-electron chi connectivity index (χ4n) is 3.68. The Balaban J connectivity index is 2.16. The van der Waals surface area contributed by atoms with Gasteiger partial charge in [-0.15, -0.1) is 0 Å². The lowest BCUT2D eigenvalue weighted by Crippen LogP contribution is -2.04. The average molecular weight is 393 g/mol. The number of benzene rings is 1. The Labute approximate surface area is 171 Å². The maximum absolute atomic E-state index is 12.5. The standard InChI is InChI=1S/C24H40O4/c1-4-5-6-7-8-9-10-11-12-13-14-15-16-17-20(25)23-22(27)18-21(26)19(2)24(23)28-3/h18,26-27H,4-17H2,1-3H3. The number of methoxy groups -OCH3 is 1. The Hall–Kier alpha value is -1.71. The summed E-state index contributed by atoms with van der Waals surface area (Å²) < 4.78 is 5.24. The van der Waals surface area contributed by atoms with Gasteiger partial charge in [-0.1, -0.05) is 84.0 Å². The topological polar surface area (TPSA) is 66.8 Å². The second kappa shape index (κ2) is 14.3. The number of phenolic OH excluding ortho intramolecular Hbond substituents is 2. The first-order valence-electron chi connectivity index (χ1n) is 11.2. The summed E-state index contributed by atoms with van der Waals surface area (Å²) in [5.41, 5.74) is 0.672. The van der Waals surface area contributed by atoms with Crippen LogP contribution in [-0.4, -0.2) is 23.1 Å². The number of unbranched alkanes of at least 4 members (excludes halogenated alkanes) is 12. The fourth-order valence-corrected chi connectivity index (χ4v) is 3.68. The van der Waals surface area contributed by atoms with E-state index >= 15 is 0 Å². The van der Waals surface area contributed by atoms with Gasteiger partial charge in [-0.05, 0) is 13.3 Å². The number of carbonyl (C=O) groups excluding carboxylic acids is 1. The van der Waals surface area contributed by atoms with E-state index in [0.717, 1.165) is 19.3 Å². The molecule has 28 heavy (non-hydrogen) atoms. The Bertz CT molecular complexity index is 580. The van der Waals surface area contributed by atoms with Crippen molar-refractivity contribution < 1.29 is 19.7 Å². The van der Waals surface area contributed by atoms with Gasteiger partial charge in [0.05, 0.1) is 7.11 Å². The summed E-state index contributed by atoms with van der Waals surface area (Å²) in [5, 5.41) is 19.8. The Kier molecular flexibility index (Phi) is 12.4. The third-order valence-electron chi connectivity index (χ3n) is 5.47. The van der Waals surface area contributed by atoms with Crippen molar-refractivity contribution >= 4 is 5.78 Å². The number of aromatic hydroxyl groups is 2. The molecular weight excluding hydrogens is 352 g/mol. The highest BCUT2D eigenvalue weighted by atomic mass is 16.5. The molecule has 0 aliphatic carbocycles. The number of hydrogen-bond acceptors (Lipinski definition) is 4. The minimum atomic E-state index is -0.209. The fraction of sp³-hybridized carbons (Fsp3) is 0.708. The van der Waals surface area contributed by atoms with Gasteiger partial charge in [0.2, 0.25) is 0 Å². The van der Waals surface area contributed by atoms with Gasteiger partial charge in [0.1, 0.15) is 22.8 Å². The molecule has 0 amide bonds. The largest absolute Gasteiger partial charge is 0.507 e. The monoisotopic (exact) mass is 392 g/mol. The molecule has 0 atom stereocenters. The van der Waals surface area contributed by atoms with Gasteiger partial charge < -0.3 is 14.9 Å². The highest BCUT2D eigenvalue weighted by Crippen LogP contribution is 2.38. The maximum atomic E-state index is 12.5. The second-order valence-electron chi connectivity index (χ2n) is 7.86. The van der Waals surface area contributed by atoms with Crippen molar-refractivity contribution in [1.82, 2.24) is 0 Å². The molecule has 4 heteroatoms. The van der Waals surface area contributed by atoms with Crippen LogP contribution in [0, 0.1) is 6.92 Å². The Morgan fingerprint density at radius 2 is 1.29 bits per heavy atom. The van der Waals surface area contributed by atoms with Gasteiger partial charge in [-0.3, -0.25) is 4.79 Å². The highest BCUT2D eigenvalue weighted by Gasteiger charge is 2.21. The second-order valence-corrected chi connectivity index (χ2v) is 7.86. The van der Waals surface area contributed by atoms with Crippen LogP contribution in [-0.2, 0) is 0 Å². The first-order chi connectivity index (χ1) is 13.5. The van der Waals surface area contributed by atoms with Gasteiger partial charge in [0.25, 0.3) is 0 Å². The summed E-state index contributed by atoms with van der Waals surface area (Å²) in [7, 11) is 1.45. The van der Waals surface area contributed by atoms with Gasteiger partial charge >= 0.3 is 0 Å². The number of ketones is 1. The lowest BCUT2D eigenvalue weighted by Gasteiger charge is -2.13. The molecule has 160 valence electrons. The number of hydrogen-bond donors (Lipinski definition) is 2. The van der Waals surface area contributed by atoms with E-state index < -0.39 is 0 Å². The van der Waals surface area contributed by atoms with Crippen LogP contribution in [0.1, 0.15) is 113 Å². The minimum Gasteiger partial charge on any atom is -0.507 e. The van der Waals surface area contributed by atoms with Gasteiger partial charge in [-0.25, -0.2) is 0 Å². The van der Waals surface area contributed by atoms with E-state index in [1.807, 2.05) is 0 Å². The molecule has 0 saturated heterocycles. The Morgan fingerprint density at radius 3 is 1.75 bits per heavy atom. The van der Waals surface area contributed by atoms with Crippen molar-refractivity contribution in [1.29, 1.82) is 0 Å². The molecule has 0 aromatic heterocycles. The molecule has 0 aliphatic rings. The van der Waals surface area contributed by atoms with Crippen LogP contribution >= 0.6 is 0 Å². The predicted octanol–water partition coefficient (Wildman–Crippen LogP) is 7.08. The van der Waals surface area contributed by atoms with Crippen LogP contribution < -0.4 is 4.74 Å². The third-order valence-corrected chi connectivity index (χ3v) is 5.47. The number of Topliss-reactive ketones (excluding diaryl/α,β-unsaturated/α-hetero) is 1. The van der Waals surface area contributed by atoms with E-state index in [1.54, 1.807) is 6.92 Å². The normalized spacial score (nSPS) is 11.0. The van der Waals surface area contributed by atoms with Crippen LogP contribution in [0.15, 0.2) is 6.07 Å². The molecule has 0 unspecified atom stereocenters. The van der Waals surface area contributed by atoms with Crippen LogP contribution in [0.4, 0.5) is 0 Å². The molecule has 0 spiro atoms. The summed E-state index contributed by atoms with van der Waals surface area (Å²) in [5.74, 6) is -0.121. The Morgan fingerprint density at radius 1 is 0.821 bits per heavy atom. The van der Waals surface area contributed by atoms with Crippen LogP contribution in [0.25, 0.3) is 0 Å². The average Bonchev–Trinajstić information content (AvgIpc) is 2.67. The summed E-state index contributed by atoms with van der Waals surface area (Å²) >= 11 is 0. The first-order valence-corrected chi connectivity index (χ1v) is 11.2. The molecular formula is C24H40O4. The predicted molar refractivity (Wildman–Crippen MR) is 116 cm³/mol. The molecule has 1 aromatic rings. The van der Waals surface area contributed by atoms with E-state index in [4.69, 9.17) is 4.74 Å². The first kappa shape index (κ1) is 24.3. The van der Waals surface area contributed by atoms with Crippen molar-refractivity contribution in [3.05, 3.63) is 17.2 Å². The van der Waals surface area contributed by atoms with Crippen molar-refractivity contribution in [3.8, 4) is 17.2 Å². The van der Waals surface area contributed by atoms with Crippen LogP contribution in [0.5, 0.6) is 17.2 Å². The molecule has 0 heterocycles. The number of rotatable bonds is 16. The third kappa shape index (κ3) is 8.53. The van der Waals surface area contributed by atoms with E-state index in [9.17, 15) is 15.0 Å². The van der Waals surface area contributed by atoms with Gasteiger partial charge in [0.15, 0.2) is 5.78 Å². The molecule has 1 aromatic carbocycles. The number of phenols is 2. The quantitative estimate of drug-likeness (QED) is 0.233. The SMILES string of the molecule is CCCCCCCCCCCCCCCC(=O)c1c(O)cc(O)c(C)c1OC. The molecule has 0 radical (unpaired) electrons. The number of carbonyl (C=O) groups is 1. The summed E-state index contributed by atoms with van der Waals surface area (Å²) in [4.78, 5) is 12.5. The zero-order valence-corrected chi connectivity index (χ0v) is 18.2. The molecule has 1 rings (SSSR count). The molecule has 0 bridgehead atoms. The molecule has 0 saturated carbocycles. The van der Waals surface area contributed by atoms with Crippen LogP contribution in [0.2, 0.25) is 0 Å². The van der Waals surface area contributed by atoms with Gasteiger partial charge in [-0.2, -0.15) is 0 Å². The number of ether oxygens (including phenoxy) is 1. The van der Waals surface area contributed by atoms with E-state index in [2.05, 4.69) is 6.92 Å². The summed E-state index contributed by atoms with van der Waals surface area (Å²) in [6.07, 6.45) is 16.8. The maximum Gasteiger partial charge on any atom is 0.170 e. The van der Waals surface area contributed by atoms with Gasteiger partial charge in [0, 0.05) is 18.1 Å². The van der Waals surface area contributed by atoms with E-state index in [0.29, 0.717) is 12.0 Å². The molecule has 4 nitrogen and oxygen atoms in total. The van der Waals surface area contributed by atoms with Crippen molar-refractivity contribution in [2.45, 2.75) is 104 Å². The van der Waals surface area contributed by atoms with Crippen molar-refractivity contribution in [3.63, 3.8) is 0 Å². The smallest absolute Gasteiger partial charge is 0.170 e. The van der Waals surface area contributed by atoms with Crippen molar-refractivity contribution in [2.75, 3.05) is 7.11 Å². The van der Waals surface area contributed by atoms with E-state index in [1.165, 1.54) is 77.4 Å².